The summed E-state index contributed by atoms with van der Waals surface area (Å²) in [5.41, 5.74) is 1.14. The Hall–Kier alpha value is -2.73. The Bertz CT molecular complexity index is 918. The van der Waals surface area contributed by atoms with Gasteiger partial charge >= 0.3 is 6.03 Å². The summed E-state index contributed by atoms with van der Waals surface area (Å²) in [6.45, 7) is 2.21. The number of nitrogens with one attached hydrogen (secondary N) is 1. The van der Waals surface area contributed by atoms with E-state index in [1.807, 2.05) is 42.3 Å². The molecule has 1 spiro atoms. The molecular formula is C24H28FN3O2. The predicted molar refractivity (Wildman–Crippen MR) is 113 cm³/mol. The summed E-state index contributed by atoms with van der Waals surface area (Å²) < 4.78 is 13.5. The summed E-state index contributed by atoms with van der Waals surface area (Å²) in [5, 5.41) is 3.01. The minimum Gasteiger partial charge on any atom is -0.323 e. The molecule has 2 fully saturated rings. The molecule has 30 heavy (non-hydrogen) atoms. The highest BCUT2D eigenvalue weighted by molar-refractivity contribution is 6.07. The summed E-state index contributed by atoms with van der Waals surface area (Å²) in [6, 6.07) is 15.7. The van der Waals surface area contributed by atoms with Crippen LogP contribution < -0.4 is 5.32 Å². The van der Waals surface area contributed by atoms with Crippen LogP contribution in [0.15, 0.2) is 54.6 Å². The van der Waals surface area contributed by atoms with Gasteiger partial charge < -0.3 is 5.32 Å². The number of hydrogen-bond donors (Lipinski definition) is 1. The Morgan fingerprint density at radius 3 is 2.43 bits per heavy atom. The molecule has 0 aromatic heterocycles. The van der Waals surface area contributed by atoms with Gasteiger partial charge in [-0.05, 0) is 49.1 Å². The second-order valence-electron chi connectivity index (χ2n) is 8.54. The first-order chi connectivity index (χ1) is 14.4. The Labute approximate surface area is 176 Å². The maximum atomic E-state index is 13.5. The van der Waals surface area contributed by atoms with E-state index in [1.165, 1.54) is 17.0 Å². The van der Waals surface area contributed by atoms with Crippen LogP contribution in [0.25, 0.3) is 0 Å². The monoisotopic (exact) mass is 409 g/mol. The zero-order chi connectivity index (χ0) is 21.3. The summed E-state index contributed by atoms with van der Waals surface area (Å²) >= 11 is 0. The summed E-state index contributed by atoms with van der Waals surface area (Å²) in [5.74, 6) is -0.298. The molecule has 4 rings (SSSR count). The zero-order valence-electron chi connectivity index (χ0n) is 17.5. The lowest BCUT2D eigenvalue weighted by atomic mass is 9.73. The SMILES string of the molecule is C[C@@H]1CCCC[C@]12NC(=O)N(CN(C)[C@H](c1ccccc1)c1ccc(F)cc1)C2=O. The third-order valence-corrected chi connectivity index (χ3v) is 6.61. The smallest absolute Gasteiger partial charge is 0.323 e. The fraction of sp³-hybridized carbons (Fsp3) is 0.417. The van der Waals surface area contributed by atoms with E-state index in [2.05, 4.69) is 12.2 Å². The van der Waals surface area contributed by atoms with Gasteiger partial charge in [-0.2, -0.15) is 0 Å². The molecule has 2 aromatic rings. The molecule has 3 atom stereocenters. The molecule has 3 amide bonds. The highest BCUT2D eigenvalue weighted by atomic mass is 19.1. The second-order valence-corrected chi connectivity index (χ2v) is 8.54. The van der Waals surface area contributed by atoms with Gasteiger partial charge in [-0.3, -0.25) is 9.69 Å². The molecule has 0 radical (unpaired) electrons. The van der Waals surface area contributed by atoms with Crippen LogP contribution in [0.4, 0.5) is 9.18 Å². The number of rotatable bonds is 5. The Morgan fingerprint density at radius 2 is 1.77 bits per heavy atom. The van der Waals surface area contributed by atoms with E-state index >= 15 is 0 Å². The topological polar surface area (TPSA) is 52.7 Å². The van der Waals surface area contributed by atoms with E-state index in [0.717, 1.165) is 30.4 Å². The molecule has 1 aliphatic heterocycles. The average Bonchev–Trinajstić information content (AvgIpc) is 2.97. The number of imide groups is 1. The molecule has 2 aromatic carbocycles. The molecule has 158 valence electrons. The molecule has 1 aliphatic carbocycles. The quantitative estimate of drug-likeness (QED) is 0.749. The van der Waals surface area contributed by atoms with Crippen molar-refractivity contribution in [3.63, 3.8) is 0 Å². The molecule has 1 N–H and O–H groups in total. The van der Waals surface area contributed by atoms with Crippen molar-refractivity contribution in [3.05, 3.63) is 71.5 Å². The fourth-order valence-corrected chi connectivity index (χ4v) is 4.91. The van der Waals surface area contributed by atoms with Gasteiger partial charge in [0.05, 0.1) is 12.7 Å². The van der Waals surface area contributed by atoms with Crippen molar-refractivity contribution in [1.29, 1.82) is 0 Å². The molecule has 2 aliphatic rings. The fourth-order valence-electron chi connectivity index (χ4n) is 4.91. The van der Waals surface area contributed by atoms with Gasteiger partial charge in [-0.1, -0.05) is 62.2 Å². The minimum absolute atomic E-state index is 0.125. The molecule has 0 unspecified atom stereocenters. The van der Waals surface area contributed by atoms with Crippen molar-refractivity contribution in [2.45, 2.75) is 44.2 Å². The molecule has 1 saturated carbocycles. The maximum Gasteiger partial charge on any atom is 0.326 e. The van der Waals surface area contributed by atoms with Crippen LogP contribution >= 0.6 is 0 Å². The number of amides is 3. The van der Waals surface area contributed by atoms with Gasteiger partial charge in [0.1, 0.15) is 11.4 Å². The molecular weight excluding hydrogens is 381 g/mol. The summed E-state index contributed by atoms with van der Waals surface area (Å²) in [6.07, 6.45) is 3.67. The zero-order valence-corrected chi connectivity index (χ0v) is 17.5. The van der Waals surface area contributed by atoms with E-state index in [-0.39, 0.29) is 36.4 Å². The van der Waals surface area contributed by atoms with Crippen molar-refractivity contribution < 1.29 is 14.0 Å². The molecule has 6 heteroatoms. The first-order valence-electron chi connectivity index (χ1n) is 10.6. The molecule has 1 saturated heterocycles. The lowest BCUT2D eigenvalue weighted by Crippen LogP contribution is -2.54. The Kier molecular flexibility index (Phi) is 5.60. The maximum absolute atomic E-state index is 13.5. The number of nitrogens with zero attached hydrogens (tertiary/aromatic N) is 2. The number of carbonyl (C=O) groups excluding carboxylic acids is 2. The predicted octanol–water partition coefficient (Wildman–Crippen LogP) is 4.31. The first kappa shape index (κ1) is 20.5. The van der Waals surface area contributed by atoms with E-state index in [4.69, 9.17) is 0 Å². The molecule has 5 nitrogen and oxygen atoms in total. The van der Waals surface area contributed by atoms with E-state index in [1.54, 1.807) is 12.1 Å². The van der Waals surface area contributed by atoms with E-state index in [0.29, 0.717) is 6.42 Å². The number of hydrogen-bond acceptors (Lipinski definition) is 3. The third kappa shape index (κ3) is 3.60. The van der Waals surface area contributed by atoms with E-state index < -0.39 is 5.54 Å². The average molecular weight is 410 g/mol. The van der Waals surface area contributed by atoms with Crippen LogP contribution in [0.3, 0.4) is 0 Å². The number of halogens is 1. The number of urea groups is 1. The highest BCUT2D eigenvalue weighted by Gasteiger charge is 2.55. The van der Waals surface area contributed by atoms with Crippen molar-refractivity contribution in [2.75, 3.05) is 13.7 Å². The van der Waals surface area contributed by atoms with Gasteiger partial charge in [-0.15, -0.1) is 0 Å². The summed E-state index contributed by atoms with van der Waals surface area (Å²) in [4.78, 5) is 29.4. The summed E-state index contributed by atoms with van der Waals surface area (Å²) in [7, 11) is 1.89. The lowest BCUT2D eigenvalue weighted by molar-refractivity contribution is -0.135. The Morgan fingerprint density at radius 1 is 1.10 bits per heavy atom. The van der Waals surface area contributed by atoms with Crippen molar-refractivity contribution in [3.8, 4) is 0 Å². The van der Waals surface area contributed by atoms with Crippen molar-refractivity contribution in [1.82, 2.24) is 15.1 Å². The lowest BCUT2D eigenvalue weighted by Gasteiger charge is -2.37. The van der Waals surface area contributed by atoms with Crippen LogP contribution in [0.2, 0.25) is 0 Å². The van der Waals surface area contributed by atoms with Crippen LogP contribution in [0.5, 0.6) is 0 Å². The van der Waals surface area contributed by atoms with Gasteiger partial charge in [0, 0.05) is 0 Å². The minimum atomic E-state index is -0.770. The second kappa shape index (κ2) is 8.19. The highest BCUT2D eigenvalue weighted by Crippen LogP contribution is 2.38. The van der Waals surface area contributed by atoms with Gasteiger partial charge in [0.15, 0.2) is 0 Å². The van der Waals surface area contributed by atoms with Crippen molar-refractivity contribution in [2.24, 2.45) is 5.92 Å². The van der Waals surface area contributed by atoms with Crippen molar-refractivity contribution >= 4 is 11.9 Å². The van der Waals surface area contributed by atoms with Crippen LogP contribution in [0, 0.1) is 11.7 Å². The largest absolute Gasteiger partial charge is 0.326 e. The van der Waals surface area contributed by atoms with Gasteiger partial charge in [-0.25, -0.2) is 14.1 Å². The molecule has 0 bridgehead atoms. The third-order valence-electron chi connectivity index (χ3n) is 6.61. The first-order valence-corrected chi connectivity index (χ1v) is 10.6. The van der Waals surface area contributed by atoms with E-state index in [9.17, 15) is 14.0 Å². The molecule has 1 heterocycles. The van der Waals surface area contributed by atoms with Gasteiger partial charge in [0.2, 0.25) is 0 Å². The van der Waals surface area contributed by atoms with Crippen LogP contribution in [-0.4, -0.2) is 41.0 Å². The van der Waals surface area contributed by atoms with Gasteiger partial charge in [0.25, 0.3) is 5.91 Å². The van der Waals surface area contributed by atoms with Crippen LogP contribution in [0.1, 0.15) is 49.8 Å². The standard InChI is InChI=1S/C24H28FN3O2/c1-17-8-6-7-15-24(17)22(29)28(23(30)26-24)16-27(2)21(18-9-4-3-5-10-18)19-11-13-20(25)14-12-19/h3-5,9-14,17,21H,6-8,15-16H2,1-2H3,(H,26,30)/t17-,21-,24+/m1/s1. The number of benzene rings is 2. The normalized spacial score (nSPS) is 25.1. The number of carbonyl (C=O) groups is 2. The van der Waals surface area contributed by atoms with Crippen LogP contribution in [-0.2, 0) is 4.79 Å². The Balaban J connectivity index is 1.61.